The number of benzene rings is 2. The summed E-state index contributed by atoms with van der Waals surface area (Å²) in [5.74, 6) is -1.31. The van der Waals surface area contributed by atoms with Gasteiger partial charge in [0.15, 0.2) is 11.4 Å². The summed E-state index contributed by atoms with van der Waals surface area (Å²) in [5.41, 5.74) is -0.396. The molecule has 1 heterocycles. The third-order valence-electron chi connectivity index (χ3n) is 4.76. The van der Waals surface area contributed by atoms with E-state index in [1.165, 1.54) is 0 Å². The van der Waals surface area contributed by atoms with Gasteiger partial charge in [-0.15, -0.1) is 0 Å². The Balaban J connectivity index is 1.98. The van der Waals surface area contributed by atoms with E-state index in [4.69, 9.17) is 9.84 Å². The molecule has 0 aliphatic carbocycles. The summed E-state index contributed by atoms with van der Waals surface area (Å²) in [6.45, 7) is 3.55. The number of nitriles is 1. The summed E-state index contributed by atoms with van der Waals surface area (Å²) in [4.78, 5) is 27.8. The van der Waals surface area contributed by atoms with Gasteiger partial charge in [0.25, 0.3) is 5.91 Å². The van der Waals surface area contributed by atoms with E-state index in [0.717, 1.165) is 0 Å². The lowest BCUT2D eigenvalue weighted by molar-refractivity contribution is -0.137. The van der Waals surface area contributed by atoms with Crippen LogP contribution in [-0.2, 0) is 4.79 Å². The Bertz CT molecular complexity index is 1170. The number of ether oxygens (including phenoxy) is 1. The van der Waals surface area contributed by atoms with E-state index >= 15 is 0 Å². The number of carboxylic acids is 1. The molecule has 158 valence electrons. The lowest BCUT2D eigenvalue weighted by Crippen LogP contribution is -2.40. The quantitative estimate of drug-likeness (QED) is 0.530. The Morgan fingerprint density at radius 1 is 1.13 bits per heavy atom. The minimum Gasteiger partial charge on any atom is -0.505 e. The van der Waals surface area contributed by atoms with Crippen molar-refractivity contribution in [2.45, 2.75) is 26.3 Å². The third kappa shape index (κ3) is 4.90. The first kappa shape index (κ1) is 21.6. The number of aromatic hydroxyl groups is 1. The number of amides is 1. The molecule has 1 amide bonds. The number of hydrogen-bond donors (Lipinski definition) is 3. The van der Waals surface area contributed by atoms with Crippen molar-refractivity contribution in [3.05, 3.63) is 59.9 Å². The van der Waals surface area contributed by atoms with E-state index in [2.05, 4.69) is 10.3 Å². The number of aliphatic carboxylic acids is 1. The van der Waals surface area contributed by atoms with Gasteiger partial charge in [-0.3, -0.25) is 9.59 Å². The summed E-state index contributed by atoms with van der Waals surface area (Å²) in [6, 6.07) is 15.1. The highest BCUT2D eigenvalue weighted by molar-refractivity contribution is 6.03. The predicted molar refractivity (Wildman–Crippen MR) is 113 cm³/mol. The molecule has 0 saturated heterocycles. The van der Waals surface area contributed by atoms with Crippen molar-refractivity contribution in [1.29, 1.82) is 5.26 Å². The summed E-state index contributed by atoms with van der Waals surface area (Å²) in [5, 5.41) is 32.5. The first-order valence-corrected chi connectivity index (χ1v) is 9.62. The number of nitrogens with zero attached hydrogens (tertiary/aromatic N) is 2. The Hall–Kier alpha value is -4.12. The zero-order valence-corrected chi connectivity index (χ0v) is 17.0. The van der Waals surface area contributed by atoms with E-state index in [1.54, 1.807) is 44.2 Å². The van der Waals surface area contributed by atoms with Gasteiger partial charge in [-0.2, -0.15) is 5.26 Å². The molecule has 2 aromatic carbocycles. The lowest BCUT2D eigenvalue weighted by Gasteiger charge is -2.21. The van der Waals surface area contributed by atoms with E-state index < -0.39 is 23.7 Å². The Labute approximate surface area is 178 Å². The molecule has 0 radical (unpaired) electrons. The summed E-state index contributed by atoms with van der Waals surface area (Å²) >= 11 is 0. The van der Waals surface area contributed by atoms with Gasteiger partial charge in [0.2, 0.25) is 0 Å². The number of carbonyl (C=O) groups is 2. The first-order valence-electron chi connectivity index (χ1n) is 9.62. The van der Waals surface area contributed by atoms with E-state index in [1.807, 2.05) is 24.3 Å². The van der Waals surface area contributed by atoms with Crippen molar-refractivity contribution in [3.63, 3.8) is 0 Å². The highest BCUT2D eigenvalue weighted by Gasteiger charge is 2.25. The second kappa shape index (κ2) is 9.13. The molecule has 0 unspecified atom stereocenters. The van der Waals surface area contributed by atoms with E-state index in [0.29, 0.717) is 16.9 Å². The fourth-order valence-electron chi connectivity index (χ4n) is 3.09. The molecule has 0 spiro atoms. The fourth-order valence-corrected chi connectivity index (χ4v) is 3.09. The SMILES string of the molecule is CC(C)[C@@H](CC(=O)O)NC(=O)c1nc(C#N)c2cc(Oc3ccccc3)ccc2c1O. The molecule has 31 heavy (non-hydrogen) atoms. The number of pyridine rings is 1. The number of rotatable bonds is 7. The van der Waals surface area contributed by atoms with Crippen LogP contribution in [0.1, 0.15) is 36.5 Å². The molecule has 0 fully saturated rings. The molecule has 1 atom stereocenters. The van der Waals surface area contributed by atoms with Crippen LogP contribution in [0.3, 0.4) is 0 Å². The van der Waals surface area contributed by atoms with Crippen LogP contribution < -0.4 is 10.1 Å². The number of fused-ring (bicyclic) bond motifs is 1. The maximum atomic E-state index is 12.7. The largest absolute Gasteiger partial charge is 0.505 e. The molecule has 3 aromatic rings. The molecule has 8 heteroatoms. The summed E-state index contributed by atoms with van der Waals surface area (Å²) in [6.07, 6.45) is -0.275. The van der Waals surface area contributed by atoms with Gasteiger partial charge in [-0.05, 0) is 36.2 Å². The maximum Gasteiger partial charge on any atom is 0.305 e. The van der Waals surface area contributed by atoms with Crippen molar-refractivity contribution in [1.82, 2.24) is 10.3 Å². The first-order chi connectivity index (χ1) is 14.8. The van der Waals surface area contributed by atoms with Gasteiger partial charge >= 0.3 is 5.97 Å². The van der Waals surface area contributed by atoms with Gasteiger partial charge < -0.3 is 20.3 Å². The van der Waals surface area contributed by atoms with Gasteiger partial charge in [0.1, 0.15) is 23.3 Å². The van der Waals surface area contributed by atoms with E-state index in [-0.39, 0.29) is 29.1 Å². The fraction of sp³-hybridized carbons (Fsp3) is 0.217. The smallest absolute Gasteiger partial charge is 0.305 e. The maximum absolute atomic E-state index is 12.7. The van der Waals surface area contributed by atoms with Crippen molar-refractivity contribution in [2.24, 2.45) is 5.92 Å². The second-order valence-electron chi connectivity index (χ2n) is 7.31. The Morgan fingerprint density at radius 2 is 1.84 bits per heavy atom. The van der Waals surface area contributed by atoms with Crippen LogP contribution in [0.2, 0.25) is 0 Å². The molecule has 0 saturated carbocycles. The highest BCUT2D eigenvalue weighted by atomic mass is 16.5. The lowest BCUT2D eigenvalue weighted by atomic mass is 10.0. The van der Waals surface area contributed by atoms with Gasteiger partial charge in [0, 0.05) is 16.8 Å². The van der Waals surface area contributed by atoms with Crippen molar-refractivity contribution < 1.29 is 24.5 Å². The zero-order chi connectivity index (χ0) is 22.5. The predicted octanol–water partition coefficient (Wildman–Crippen LogP) is 3.83. The molecule has 1 aromatic heterocycles. The summed E-state index contributed by atoms with van der Waals surface area (Å²) in [7, 11) is 0. The number of para-hydroxylation sites is 1. The van der Waals surface area contributed by atoms with Crippen LogP contribution in [0, 0.1) is 17.2 Å². The molecular formula is C23H21N3O5. The van der Waals surface area contributed by atoms with Crippen LogP contribution in [0.5, 0.6) is 17.2 Å². The second-order valence-corrected chi connectivity index (χ2v) is 7.31. The molecule has 8 nitrogen and oxygen atoms in total. The van der Waals surface area contributed by atoms with Crippen molar-refractivity contribution >= 4 is 22.6 Å². The monoisotopic (exact) mass is 419 g/mol. The number of carbonyl (C=O) groups excluding carboxylic acids is 1. The summed E-state index contributed by atoms with van der Waals surface area (Å²) < 4.78 is 5.77. The highest BCUT2D eigenvalue weighted by Crippen LogP contribution is 2.33. The third-order valence-corrected chi connectivity index (χ3v) is 4.76. The van der Waals surface area contributed by atoms with Crippen LogP contribution in [0.15, 0.2) is 48.5 Å². The van der Waals surface area contributed by atoms with Crippen LogP contribution in [0.4, 0.5) is 0 Å². The van der Waals surface area contributed by atoms with Crippen molar-refractivity contribution in [3.8, 4) is 23.3 Å². The topological polar surface area (TPSA) is 133 Å². The van der Waals surface area contributed by atoms with Crippen LogP contribution in [0.25, 0.3) is 10.8 Å². The number of nitrogens with one attached hydrogen (secondary N) is 1. The molecular weight excluding hydrogens is 398 g/mol. The minimum absolute atomic E-state index is 0.0595. The Morgan fingerprint density at radius 3 is 2.45 bits per heavy atom. The van der Waals surface area contributed by atoms with Gasteiger partial charge in [-0.1, -0.05) is 32.0 Å². The average Bonchev–Trinajstić information content (AvgIpc) is 2.74. The van der Waals surface area contributed by atoms with Crippen LogP contribution >= 0.6 is 0 Å². The molecule has 3 rings (SSSR count). The molecule has 0 aliphatic rings. The molecule has 0 bridgehead atoms. The van der Waals surface area contributed by atoms with Gasteiger partial charge in [0.05, 0.1) is 6.42 Å². The Kier molecular flexibility index (Phi) is 6.36. The van der Waals surface area contributed by atoms with Gasteiger partial charge in [-0.25, -0.2) is 4.98 Å². The molecule has 3 N–H and O–H groups in total. The number of carboxylic acid groups (broad SMARTS) is 1. The number of aromatic nitrogens is 1. The average molecular weight is 419 g/mol. The number of hydrogen-bond acceptors (Lipinski definition) is 6. The normalized spacial score (nSPS) is 11.7. The van der Waals surface area contributed by atoms with Crippen molar-refractivity contribution in [2.75, 3.05) is 0 Å². The molecule has 0 aliphatic heterocycles. The van der Waals surface area contributed by atoms with Crippen LogP contribution in [-0.4, -0.2) is 33.1 Å². The standard InChI is InChI=1S/C23H21N3O5/c1-13(2)18(11-20(27)28)26-23(30)21-22(29)16-9-8-15(10-17(16)19(12-24)25-21)31-14-6-4-3-5-7-14/h3-10,13,18,29H,11H2,1-2H3,(H,26,30)(H,27,28)/t18-/m1/s1. The zero-order valence-electron chi connectivity index (χ0n) is 17.0. The van der Waals surface area contributed by atoms with E-state index in [9.17, 15) is 20.0 Å². The minimum atomic E-state index is -1.06.